The van der Waals surface area contributed by atoms with Gasteiger partial charge in [0.15, 0.2) is 16.6 Å². The van der Waals surface area contributed by atoms with Crippen LogP contribution in [0.3, 0.4) is 0 Å². The van der Waals surface area contributed by atoms with Crippen molar-refractivity contribution in [1.29, 1.82) is 0 Å². The first kappa shape index (κ1) is 43.8. The molecule has 2 atom stereocenters. The minimum absolute atomic E-state index is 0.0706. The molecular formula is C30H66O10Si4. The summed E-state index contributed by atoms with van der Waals surface area (Å²) in [5.74, 6) is -0.470. The number of aliphatic hydroxyl groups is 3. The molecule has 0 aliphatic rings. The molecule has 0 radical (unpaired) electrons. The number of esters is 1. The van der Waals surface area contributed by atoms with Crippen LogP contribution in [-0.4, -0.2) is 108 Å². The maximum atomic E-state index is 11.9. The van der Waals surface area contributed by atoms with E-state index in [0.29, 0.717) is 38.2 Å². The Balaban J connectivity index is 5.35. The molecule has 2 unspecified atom stereocenters. The number of rotatable bonds is 26. The van der Waals surface area contributed by atoms with Crippen molar-refractivity contribution < 1.29 is 46.7 Å². The highest BCUT2D eigenvalue weighted by Crippen LogP contribution is 2.30. The van der Waals surface area contributed by atoms with Crippen molar-refractivity contribution in [3.63, 3.8) is 0 Å². The highest BCUT2D eigenvalue weighted by Gasteiger charge is 2.45. The SMILES string of the molecule is C=C(C)C(=O)OCC(CC)(CO)COCCC[Si](C)(O[Si](C)(C)CCCOCC(CC)(CO)CO)O[Si](C)(C)O[Si](C)(C)C. The van der Waals surface area contributed by atoms with E-state index in [1.807, 2.05) is 13.8 Å². The summed E-state index contributed by atoms with van der Waals surface area (Å²) in [6.45, 7) is 27.7. The lowest BCUT2D eigenvalue weighted by Crippen LogP contribution is -2.57. The zero-order chi connectivity index (χ0) is 34.3. The molecule has 10 nitrogen and oxygen atoms in total. The number of carbonyl (C=O) groups excluding carboxylic acids is 1. The van der Waals surface area contributed by atoms with Crippen molar-refractivity contribution in [2.24, 2.45) is 10.8 Å². The fourth-order valence-corrected chi connectivity index (χ4v) is 23.8. The molecule has 0 aromatic heterocycles. The summed E-state index contributed by atoms with van der Waals surface area (Å²) in [5, 5.41) is 29.4. The van der Waals surface area contributed by atoms with Gasteiger partial charge in [0.05, 0.1) is 38.4 Å². The first-order chi connectivity index (χ1) is 20.2. The van der Waals surface area contributed by atoms with Crippen LogP contribution in [0.1, 0.15) is 46.5 Å². The van der Waals surface area contributed by atoms with Crippen molar-refractivity contribution in [3.05, 3.63) is 12.2 Å². The predicted molar refractivity (Wildman–Crippen MR) is 186 cm³/mol. The Bertz CT molecular complexity index is 834. The fraction of sp³-hybridized carbons (Fsp3) is 0.900. The fourth-order valence-electron chi connectivity index (χ4n) is 4.97. The number of ether oxygens (including phenoxy) is 3. The van der Waals surface area contributed by atoms with E-state index in [0.717, 1.165) is 24.9 Å². The molecule has 0 heterocycles. The normalized spacial score (nSPS) is 16.0. The van der Waals surface area contributed by atoms with E-state index in [4.69, 9.17) is 26.6 Å². The van der Waals surface area contributed by atoms with Crippen LogP contribution < -0.4 is 0 Å². The summed E-state index contributed by atoms with van der Waals surface area (Å²) in [7, 11) is -9.14. The first-order valence-electron chi connectivity index (χ1n) is 16.1. The van der Waals surface area contributed by atoms with Gasteiger partial charge in [-0.25, -0.2) is 4.79 Å². The molecule has 262 valence electrons. The minimum Gasteiger partial charge on any atom is -0.462 e. The summed E-state index contributed by atoms with van der Waals surface area (Å²) >= 11 is 0. The third kappa shape index (κ3) is 17.6. The quantitative estimate of drug-likeness (QED) is 0.0457. The molecule has 0 saturated heterocycles. The third-order valence-corrected chi connectivity index (χ3v) is 22.5. The van der Waals surface area contributed by atoms with Crippen molar-refractivity contribution in [2.45, 2.75) is 111 Å². The van der Waals surface area contributed by atoms with Gasteiger partial charge in [-0.15, -0.1) is 0 Å². The van der Waals surface area contributed by atoms with Crippen molar-refractivity contribution in [1.82, 2.24) is 0 Å². The van der Waals surface area contributed by atoms with E-state index in [-0.39, 0.29) is 33.0 Å². The summed E-state index contributed by atoms with van der Waals surface area (Å²) in [4.78, 5) is 11.9. The molecule has 0 fully saturated rings. The van der Waals surface area contributed by atoms with E-state index in [2.05, 4.69) is 59.0 Å². The molecule has 44 heavy (non-hydrogen) atoms. The van der Waals surface area contributed by atoms with Gasteiger partial charge in [-0.1, -0.05) is 20.4 Å². The van der Waals surface area contributed by atoms with Gasteiger partial charge in [-0.2, -0.15) is 0 Å². The van der Waals surface area contributed by atoms with E-state index < -0.39 is 50.6 Å². The number of hydrogen-bond donors (Lipinski definition) is 3. The van der Waals surface area contributed by atoms with Crippen LogP contribution in [0.5, 0.6) is 0 Å². The Morgan fingerprint density at radius 3 is 1.61 bits per heavy atom. The van der Waals surface area contributed by atoms with Gasteiger partial charge < -0.3 is 41.9 Å². The molecule has 0 saturated carbocycles. The van der Waals surface area contributed by atoms with Gasteiger partial charge >= 0.3 is 23.1 Å². The Morgan fingerprint density at radius 1 is 0.705 bits per heavy atom. The molecule has 0 bridgehead atoms. The molecule has 0 rings (SSSR count). The molecule has 14 heteroatoms. The standard InChI is InChI=1S/C30H66O10Si4/c1-13-29(21-31,22-32)24-35-17-15-19-42(8,9)39-44(12,40-43(10,11)38-41(5,6)7)20-16-18-36-25-30(14-2,23-33)26-37-28(34)27(3)4/h31-33H,3,13-26H2,1-2,4-12H3. The van der Waals surface area contributed by atoms with Gasteiger partial charge in [0.1, 0.15) is 6.61 Å². The predicted octanol–water partition coefficient (Wildman–Crippen LogP) is 5.55. The molecule has 0 aromatic carbocycles. The van der Waals surface area contributed by atoms with Gasteiger partial charge in [-0.05, 0) is 97.1 Å². The van der Waals surface area contributed by atoms with Crippen LogP contribution in [0.15, 0.2) is 12.2 Å². The van der Waals surface area contributed by atoms with Crippen molar-refractivity contribution in [3.8, 4) is 0 Å². The van der Waals surface area contributed by atoms with E-state index in [9.17, 15) is 20.1 Å². The van der Waals surface area contributed by atoms with Gasteiger partial charge in [-0.3, -0.25) is 0 Å². The molecule has 0 aromatic rings. The Kier molecular flexibility index (Phi) is 19.4. The zero-order valence-corrected chi connectivity index (χ0v) is 33.8. The maximum Gasteiger partial charge on any atom is 0.333 e. The highest BCUT2D eigenvalue weighted by molar-refractivity contribution is 6.89. The Labute approximate surface area is 272 Å². The average Bonchev–Trinajstić information content (AvgIpc) is 2.90. The largest absolute Gasteiger partial charge is 0.462 e. The lowest BCUT2D eigenvalue weighted by Gasteiger charge is -2.42. The molecule has 0 aliphatic carbocycles. The van der Waals surface area contributed by atoms with Crippen LogP contribution in [0.4, 0.5) is 0 Å². The molecular weight excluding hydrogens is 633 g/mol. The van der Waals surface area contributed by atoms with Crippen LogP contribution in [0, 0.1) is 10.8 Å². The monoisotopic (exact) mass is 698 g/mol. The average molecular weight is 699 g/mol. The molecule has 0 amide bonds. The van der Waals surface area contributed by atoms with Crippen molar-refractivity contribution >= 4 is 39.7 Å². The first-order valence-corrected chi connectivity index (χ1v) is 27.9. The van der Waals surface area contributed by atoms with E-state index >= 15 is 0 Å². The Morgan fingerprint density at radius 2 is 1.18 bits per heavy atom. The second-order valence-electron chi connectivity index (χ2n) is 14.6. The molecule has 0 spiro atoms. The lowest BCUT2D eigenvalue weighted by molar-refractivity contribution is -0.146. The number of hydrogen-bond acceptors (Lipinski definition) is 10. The zero-order valence-electron chi connectivity index (χ0n) is 29.8. The van der Waals surface area contributed by atoms with Crippen LogP contribution in [0.2, 0.25) is 64.5 Å². The Hall–Kier alpha value is -0.242. The van der Waals surface area contributed by atoms with Crippen LogP contribution >= 0.6 is 0 Å². The minimum atomic E-state index is -2.69. The van der Waals surface area contributed by atoms with Crippen molar-refractivity contribution in [2.75, 3.05) is 52.9 Å². The molecule has 0 aliphatic heterocycles. The maximum absolute atomic E-state index is 11.9. The van der Waals surface area contributed by atoms with E-state index in [1.54, 1.807) is 6.92 Å². The smallest absolute Gasteiger partial charge is 0.333 e. The summed E-state index contributed by atoms with van der Waals surface area (Å²) in [6.07, 6.45) is 2.80. The highest BCUT2D eigenvalue weighted by atomic mass is 28.5. The summed E-state index contributed by atoms with van der Waals surface area (Å²) in [5.41, 5.74) is -0.940. The number of carbonyl (C=O) groups is 1. The summed E-state index contributed by atoms with van der Waals surface area (Å²) < 4.78 is 37.7. The van der Waals surface area contributed by atoms with E-state index in [1.165, 1.54) is 0 Å². The summed E-state index contributed by atoms with van der Waals surface area (Å²) in [6, 6.07) is 1.63. The van der Waals surface area contributed by atoms with Gasteiger partial charge in [0.2, 0.25) is 0 Å². The van der Waals surface area contributed by atoms with Crippen LogP contribution in [-0.2, 0) is 31.4 Å². The van der Waals surface area contributed by atoms with Crippen LogP contribution in [0.25, 0.3) is 0 Å². The third-order valence-electron chi connectivity index (χ3n) is 7.67. The number of aliphatic hydroxyl groups excluding tert-OH is 3. The van der Waals surface area contributed by atoms with Gasteiger partial charge in [0.25, 0.3) is 0 Å². The molecule has 3 N–H and O–H groups in total. The second-order valence-corrected chi connectivity index (χ2v) is 30.8. The lowest BCUT2D eigenvalue weighted by atomic mass is 9.88. The second kappa shape index (κ2) is 19.5. The topological polar surface area (TPSA) is 133 Å². The van der Waals surface area contributed by atoms with Gasteiger partial charge in [0, 0.05) is 24.2 Å².